The van der Waals surface area contributed by atoms with Crippen molar-refractivity contribution in [2.75, 3.05) is 0 Å². The zero-order valence-corrected chi connectivity index (χ0v) is 5.99. The normalized spacial score (nSPS) is 13.0. The second kappa shape index (κ2) is 3.27. The van der Waals surface area contributed by atoms with E-state index in [1.807, 2.05) is 6.92 Å². The van der Waals surface area contributed by atoms with Crippen molar-refractivity contribution in [3.05, 3.63) is 24.3 Å². The summed E-state index contributed by atoms with van der Waals surface area (Å²) < 4.78 is 0. The summed E-state index contributed by atoms with van der Waals surface area (Å²) in [5.74, 6) is 0. The standard InChI is InChI=1S/C7H11N3/c1-2-6(8)7-5-9-3-4-10-7/h3-6H,2,8H2,1H3. The topological polar surface area (TPSA) is 51.8 Å². The molecule has 0 saturated heterocycles. The van der Waals surface area contributed by atoms with E-state index >= 15 is 0 Å². The number of nitrogens with zero attached hydrogens (tertiary/aromatic N) is 2. The quantitative estimate of drug-likeness (QED) is 0.658. The molecule has 10 heavy (non-hydrogen) atoms. The summed E-state index contributed by atoms with van der Waals surface area (Å²) in [6.07, 6.45) is 5.91. The van der Waals surface area contributed by atoms with Gasteiger partial charge < -0.3 is 5.73 Å². The summed E-state index contributed by atoms with van der Waals surface area (Å²) in [4.78, 5) is 7.97. The molecule has 0 saturated carbocycles. The van der Waals surface area contributed by atoms with Gasteiger partial charge in [-0.2, -0.15) is 0 Å². The first-order valence-electron chi connectivity index (χ1n) is 3.36. The minimum Gasteiger partial charge on any atom is -0.323 e. The van der Waals surface area contributed by atoms with Crippen LogP contribution >= 0.6 is 0 Å². The van der Waals surface area contributed by atoms with Crippen molar-refractivity contribution in [1.29, 1.82) is 0 Å². The predicted octanol–water partition coefficient (Wildman–Crippen LogP) is 0.886. The zero-order chi connectivity index (χ0) is 7.40. The zero-order valence-electron chi connectivity index (χ0n) is 5.99. The highest BCUT2D eigenvalue weighted by Gasteiger charge is 2.01. The maximum absolute atomic E-state index is 5.69. The fraction of sp³-hybridized carbons (Fsp3) is 0.429. The van der Waals surface area contributed by atoms with Crippen LogP contribution in [0.4, 0.5) is 0 Å². The van der Waals surface area contributed by atoms with Gasteiger partial charge in [-0.3, -0.25) is 9.97 Å². The van der Waals surface area contributed by atoms with Gasteiger partial charge in [-0.15, -0.1) is 0 Å². The van der Waals surface area contributed by atoms with E-state index in [9.17, 15) is 0 Å². The van der Waals surface area contributed by atoms with Gasteiger partial charge in [-0.05, 0) is 6.42 Å². The van der Waals surface area contributed by atoms with Crippen LogP contribution in [0, 0.1) is 0 Å². The Morgan fingerprint density at radius 2 is 2.40 bits per heavy atom. The molecule has 1 unspecified atom stereocenters. The van der Waals surface area contributed by atoms with E-state index in [0.717, 1.165) is 12.1 Å². The lowest BCUT2D eigenvalue weighted by Crippen LogP contribution is -2.10. The van der Waals surface area contributed by atoms with Crippen molar-refractivity contribution in [3.8, 4) is 0 Å². The smallest absolute Gasteiger partial charge is 0.0753 e. The molecule has 0 aromatic carbocycles. The summed E-state index contributed by atoms with van der Waals surface area (Å²) >= 11 is 0. The minimum absolute atomic E-state index is 0.0358. The van der Waals surface area contributed by atoms with Gasteiger partial charge in [0.25, 0.3) is 0 Å². The molecule has 0 aliphatic rings. The molecule has 0 spiro atoms. The van der Waals surface area contributed by atoms with E-state index in [1.54, 1.807) is 18.6 Å². The summed E-state index contributed by atoms with van der Waals surface area (Å²) in [6, 6.07) is 0.0358. The van der Waals surface area contributed by atoms with Crippen LogP contribution in [0.15, 0.2) is 18.6 Å². The molecule has 0 bridgehead atoms. The number of hydrogen-bond acceptors (Lipinski definition) is 3. The second-order valence-electron chi connectivity index (χ2n) is 2.15. The van der Waals surface area contributed by atoms with E-state index in [-0.39, 0.29) is 6.04 Å². The van der Waals surface area contributed by atoms with Gasteiger partial charge in [0.15, 0.2) is 0 Å². The van der Waals surface area contributed by atoms with E-state index in [2.05, 4.69) is 9.97 Å². The maximum atomic E-state index is 5.69. The van der Waals surface area contributed by atoms with Gasteiger partial charge in [-0.1, -0.05) is 6.92 Å². The molecule has 0 amide bonds. The molecule has 0 radical (unpaired) electrons. The highest BCUT2D eigenvalue weighted by atomic mass is 14.8. The van der Waals surface area contributed by atoms with Gasteiger partial charge in [0.1, 0.15) is 0 Å². The number of rotatable bonds is 2. The molecule has 0 aliphatic carbocycles. The van der Waals surface area contributed by atoms with E-state index in [4.69, 9.17) is 5.73 Å². The summed E-state index contributed by atoms with van der Waals surface area (Å²) in [5, 5.41) is 0. The highest BCUT2D eigenvalue weighted by molar-refractivity contribution is 5.00. The molecule has 1 heterocycles. The number of nitrogens with two attached hydrogens (primary N) is 1. The monoisotopic (exact) mass is 137 g/mol. The molecule has 54 valence electrons. The lowest BCUT2D eigenvalue weighted by Gasteiger charge is -2.04. The first-order chi connectivity index (χ1) is 4.84. The number of aromatic nitrogens is 2. The molecular formula is C7H11N3. The van der Waals surface area contributed by atoms with E-state index in [0.29, 0.717) is 0 Å². The summed E-state index contributed by atoms with van der Waals surface area (Å²) in [5.41, 5.74) is 6.56. The molecule has 3 heteroatoms. The molecule has 1 aromatic heterocycles. The van der Waals surface area contributed by atoms with Gasteiger partial charge in [0.05, 0.1) is 5.69 Å². The predicted molar refractivity (Wildman–Crippen MR) is 39.3 cm³/mol. The lowest BCUT2D eigenvalue weighted by atomic mass is 10.2. The van der Waals surface area contributed by atoms with Crippen LogP contribution in [-0.2, 0) is 0 Å². The van der Waals surface area contributed by atoms with Crippen LogP contribution in [0.25, 0.3) is 0 Å². The third-order valence-corrected chi connectivity index (χ3v) is 1.40. The Hall–Kier alpha value is -0.960. The van der Waals surface area contributed by atoms with Gasteiger partial charge in [-0.25, -0.2) is 0 Å². The molecule has 1 aromatic rings. The molecule has 0 aliphatic heterocycles. The van der Waals surface area contributed by atoms with Crippen molar-refractivity contribution in [1.82, 2.24) is 9.97 Å². The van der Waals surface area contributed by atoms with Gasteiger partial charge in [0.2, 0.25) is 0 Å². The fourth-order valence-electron chi connectivity index (χ4n) is 0.711. The Balaban J connectivity index is 2.75. The van der Waals surface area contributed by atoms with Gasteiger partial charge in [0, 0.05) is 24.6 Å². The first-order valence-corrected chi connectivity index (χ1v) is 3.36. The third kappa shape index (κ3) is 1.51. The van der Waals surface area contributed by atoms with E-state index in [1.165, 1.54) is 0 Å². The Labute approximate surface area is 60.3 Å². The Kier molecular flexibility index (Phi) is 2.34. The van der Waals surface area contributed by atoms with Crippen LogP contribution in [0.2, 0.25) is 0 Å². The highest BCUT2D eigenvalue weighted by Crippen LogP contribution is 2.06. The summed E-state index contributed by atoms with van der Waals surface area (Å²) in [7, 11) is 0. The van der Waals surface area contributed by atoms with Crippen LogP contribution in [0.5, 0.6) is 0 Å². The molecule has 3 nitrogen and oxygen atoms in total. The maximum Gasteiger partial charge on any atom is 0.0753 e. The van der Waals surface area contributed by atoms with Crippen molar-refractivity contribution in [2.24, 2.45) is 5.73 Å². The molecule has 0 fully saturated rings. The first kappa shape index (κ1) is 7.15. The van der Waals surface area contributed by atoms with Crippen molar-refractivity contribution >= 4 is 0 Å². The average Bonchev–Trinajstić information content (AvgIpc) is 2.05. The van der Waals surface area contributed by atoms with Crippen LogP contribution in [0.3, 0.4) is 0 Å². The fourth-order valence-corrected chi connectivity index (χ4v) is 0.711. The molecule has 1 atom stereocenters. The van der Waals surface area contributed by atoms with Crippen LogP contribution in [-0.4, -0.2) is 9.97 Å². The number of hydrogen-bond donors (Lipinski definition) is 1. The van der Waals surface area contributed by atoms with Crippen molar-refractivity contribution < 1.29 is 0 Å². The van der Waals surface area contributed by atoms with Crippen molar-refractivity contribution in [2.45, 2.75) is 19.4 Å². The third-order valence-electron chi connectivity index (χ3n) is 1.40. The van der Waals surface area contributed by atoms with Crippen molar-refractivity contribution in [3.63, 3.8) is 0 Å². The van der Waals surface area contributed by atoms with Crippen LogP contribution in [0.1, 0.15) is 25.1 Å². The SMILES string of the molecule is CCC(N)c1cnccn1. The Morgan fingerprint density at radius 3 is 2.90 bits per heavy atom. The molecule has 1 rings (SSSR count). The average molecular weight is 137 g/mol. The Morgan fingerprint density at radius 1 is 1.60 bits per heavy atom. The summed E-state index contributed by atoms with van der Waals surface area (Å²) in [6.45, 7) is 2.03. The minimum atomic E-state index is 0.0358. The van der Waals surface area contributed by atoms with Crippen LogP contribution < -0.4 is 5.73 Å². The Bertz CT molecular complexity index is 185. The molecule has 2 N–H and O–H groups in total. The van der Waals surface area contributed by atoms with Gasteiger partial charge >= 0.3 is 0 Å². The van der Waals surface area contributed by atoms with E-state index < -0.39 is 0 Å². The molecular weight excluding hydrogens is 126 g/mol. The largest absolute Gasteiger partial charge is 0.323 e. The lowest BCUT2D eigenvalue weighted by molar-refractivity contribution is 0.671. The second-order valence-corrected chi connectivity index (χ2v) is 2.15.